The zero-order valence-electron chi connectivity index (χ0n) is 13.2. The average molecular weight is 354 g/mol. The molecule has 0 spiro atoms. The van der Waals surface area contributed by atoms with Crippen molar-refractivity contribution in [3.8, 4) is 5.75 Å². The molecule has 2 rings (SSSR count). The predicted octanol–water partition coefficient (Wildman–Crippen LogP) is 3.54. The van der Waals surface area contributed by atoms with Gasteiger partial charge in [0, 0.05) is 12.5 Å². The minimum absolute atomic E-state index is 0. The second-order valence-electron chi connectivity index (χ2n) is 6.45. The highest BCUT2D eigenvalue weighted by Crippen LogP contribution is 2.49. The molecule has 7 heteroatoms. The minimum Gasteiger partial charge on any atom is -0.508 e. The van der Waals surface area contributed by atoms with Crippen molar-refractivity contribution >= 4 is 12.4 Å². The summed E-state index contributed by atoms with van der Waals surface area (Å²) < 4.78 is 39.3. The molecule has 3 unspecified atom stereocenters. The molecule has 3 atom stereocenters. The number of phenols is 1. The van der Waals surface area contributed by atoms with Gasteiger partial charge in [-0.25, -0.2) is 0 Å². The van der Waals surface area contributed by atoms with E-state index in [0.717, 1.165) is 0 Å². The number of hydrogen-bond acceptors (Lipinski definition) is 3. The Morgan fingerprint density at radius 2 is 1.91 bits per heavy atom. The van der Waals surface area contributed by atoms with Gasteiger partial charge in [-0.3, -0.25) is 0 Å². The maximum atomic E-state index is 13.1. The quantitative estimate of drug-likeness (QED) is 0.873. The molecule has 1 fully saturated rings. The second kappa shape index (κ2) is 7.28. The molecule has 0 radical (unpaired) electrons. The van der Waals surface area contributed by atoms with Gasteiger partial charge in [0.05, 0.1) is 11.5 Å². The molecule has 1 aromatic carbocycles. The third-order valence-corrected chi connectivity index (χ3v) is 4.49. The molecule has 0 aliphatic heterocycles. The smallest absolute Gasteiger partial charge is 0.391 e. The van der Waals surface area contributed by atoms with E-state index in [9.17, 15) is 23.4 Å². The normalized spacial score (nSPS) is 28.5. The van der Waals surface area contributed by atoms with Crippen LogP contribution in [0.15, 0.2) is 24.3 Å². The molecule has 1 aliphatic carbocycles. The molecule has 1 saturated carbocycles. The van der Waals surface area contributed by atoms with Crippen molar-refractivity contribution in [3.05, 3.63) is 29.8 Å². The Hall–Kier alpha value is -0.980. The van der Waals surface area contributed by atoms with Gasteiger partial charge < -0.3 is 15.1 Å². The monoisotopic (exact) mass is 353 g/mol. The van der Waals surface area contributed by atoms with Crippen LogP contribution in [-0.4, -0.2) is 41.9 Å². The van der Waals surface area contributed by atoms with E-state index in [-0.39, 0.29) is 36.9 Å². The molecule has 0 amide bonds. The Bertz CT molecular complexity index is 524. The van der Waals surface area contributed by atoms with Crippen LogP contribution < -0.4 is 0 Å². The number of rotatable bonds is 3. The van der Waals surface area contributed by atoms with Crippen molar-refractivity contribution in [3.63, 3.8) is 0 Å². The van der Waals surface area contributed by atoms with Crippen LogP contribution in [0.2, 0.25) is 0 Å². The molecule has 2 N–H and O–H groups in total. The summed E-state index contributed by atoms with van der Waals surface area (Å²) in [6, 6.07) is 5.94. The van der Waals surface area contributed by atoms with E-state index in [1.165, 1.54) is 12.1 Å². The molecule has 1 aliphatic rings. The number of aromatic hydroxyl groups is 1. The third kappa shape index (κ3) is 4.52. The summed E-state index contributed by atoms with van der Waals surface area (Å²) >= 11 is 0. The number of halogens is 4. The fraction of sp³-hybridized carbons (Fsp3) is 0.625. The molecule has 0 saturated heterocycles. The maximum absolute atomic E-state index is 13.1. The van der Waals surface area contributed by atoms with Crippen LogP contribution in [0.25, 0.3) is 0 Å². The lowest BCUT2D eigenvalue weighted by Gasteiger charge is -2.45. The molecule has 0 heterocycles. The van der Waals surface area contributed by atoms with Crippen LogP contribution in [0.4, 0.5) is 13.2 Å². The van der Waals surface area contributed by atoms with Crippen LogP contribution in [0.3, 0.4) is 0 Å². The molecule has 23 heavy (non-hydrogen) atoms. The summed E-state index contributed by atoms with van der Waals surface area (Å²) in [6.07, 6.45) is -4.34. The number of nitrogens with zero attached hydrogens (tertiary/aromatic N) is 1. The van der Waals surface area contributed by atoms with Gasteiger partial charge in [-0.15, -0.1) is 12.4 Å². The highest BCUT2D eigenvalue weighted by molar-refractivity contribution is 5.85. The number of alkyl halides is 3. The van der Waals surface area contributed by atoms with E-state index < -0.39 is 17.7 Å². The molecule has 132 valence electrons. The third-order valence-electron chi connectivity index (χ3n) is 4.49. The highest BCUT2D eigenvalue weighted by atomic mass is 35.5. The maximum Gasteiger partial charge on any atom is 0.391 e. The Morgan fingerprint density at radius 1 is 1.26 bits per heavy atom. The first-order valence-corrected chi connectivity index (χ1v) is 7.36. The van der Waals surface area contributed by atoms with E-state index in [1.807, 2.05) is 19.0 Å². The molecule has 1 aromatic rings. The standard InChI is InChI=1S/C16H22F3NO2.ClH/c1-20(2)10-13-7-6-12(16(17,18)19)9-15(13,22)11-4-3-5-14(21)8-11;/h3-5,8,12-13,21-22H,6-7,9-10H2,1-2H3;1H. The topological polar surface area (TPSA) is 43.7 Å². The number of phenolic OH excluding ortho intramolecular Hbond substituents is 1. The lowest BCUT2D eigenvalue weighted by atomic mass is 9.67. The van der Waals surface area contributed by atoms with Gasteiger partial charge in [-0.05, 0) is 51.1 Å². The first kappa shape index (κ1) is 20.1. The average Bonchev–Trinajstić information content (AvgIpc) is 2.39. The SMILES string of the molecule is CN(C)CC1CCC(C(F)(F)F)CC1(O)c1cccc(O)c1.Cl. The summed E-state index contributed by atoms with van der Waals surface area (Å²) in [5, 5.41) is 20.7. The first-order valence-electron chi connectivity index (χ1n) is 7.36. The van der Waals surface area contributed by atoms with Gasteiger partial charge in [0.15, 0.2) is 0 Å². The predicted molar refractivity (Wildman–Crippen MR) is 84.7 cm³/mol. The van der Waals surface area contributed by atoms with Crippen molar-refractivity contribution in [2.24, 2.45) is 11.8 Å². The summed E-state index contributed by atoms with van der Waals surface area (Å²) in [6.45, 7) is 0.497. The zero-order valence-corrected chi connectivity index (χ0v) is 14.0. The molecule has 0 bridgehead atoms. The highest BCUT2D eigenvalue weighted by Gasteiger charge is 2.51. The molecule has 3 nitrogen and oxygen atoms in total. The summed E-state index contributed by atoms with van der Waals surface area (Å²) in [4.78, 5) is 1.87. The van der Waals surface area contributed by atoms with E-state index in [2.05, 4.69) is 0 Å². The summed E-state index contributed by atoms with van der Waals surface area (Å²) in [7, 11) is 3.66. The van der Waals surface area contributed by atoms with Gasteiger partial charge in [0.1, 0.15) is 5.75 Å². The molecular weight excluding hydrogens is 331 g/mol. The second-order valence-corrected chi connectivity index (χ2v) is 6.45. The van der Waals surface area contributed by atoms with Crippen molar-refractivity contribution in [2.45, 2.75) is 31.0 Å². The van der Waals surface area contributed by atoms with Gasteiger partial charge in [-0.2, -0.15) is 13.2 Å². The fourth-order valence-electron chi connectivity index (χ4n) is 3.38. The minimum atomic E-state index is -4.31. The lowest BCUT2D eigenvalue weighted by molar-refractivity contribution is -0.212. The van der Waals surface area contributed by atoms with Gasteiger partial charge in [-0.1, -0.05) is 12.1 Å². The van der Waals surface area contributed by atoms with Crippen LogP contribution in [0.1, 0.15) is 24.8 Å². The Labute approximate surface area is 140 Å². The largest absolute Gasteiger partial charge is 0.508 e. The number of benzene rings is 1. The van der Waals surface area contributed by atoms with Crippen LogP contribution in [0, 0.1) is 11.8 Å². The van der Waals surface area contributed by atoms with E-state index in [4.69, 9.17) is 0 Å². The van der Waals surface area contributed by atoms with E-state index in [0.29, 0.717) is 18.5 Å². The van der Waals surface area contributed by atoms with Crippen LogP contribution in [0.5, 0.6) is 5.75 Å². The van der Waals surface area contributed by atoms with Crippen LogP contribution in [-0.2, 0) is 5.60 Å². The van der Waals surface area contributed by atoms with Gasteiger partial charge in [0.2, 0.25) is 0 Å². The summed E-state index contributed by atoms with van der Waals surface area (Å²) in [5.41, 5.74) is -1.23. The zero-order chi connectivity index (χ0) is 16.5. The first-order chi connectivity index (χ1) is 10.1. The number of hydrogen-bond donors (Lipinski definition) is 2. The Balaban J connectivity index is 0.00000264. The molecular formula is C16H23ClF3NO2. The van der Waals surface area contributed by atoms with Gasteiger partial charge >= 0.3 is 6.18 Å². The van der Waals surface area contributed by atoms with Crippen molar-refractivity contribution < 1.29 is 23.4 Å². The Morgan fingerprint density at radius 3 is 2.43 bits per heavy atom. The van der Waals surface area contributed by atoms with Crippen LogP contribution >= 0.6 is 12.4 Å². The Kier molecular flexibility index (Phi) is 6.35. The van der Waals surface area contributed by atoms with Crippen molar-refractivity contribution in [2.75, 3.05) is 20.6 Å². The van der Waals surface area contributed by atoms with Crippen molar-refractivity contribution in [1.82, 2.24) is 4.90 Å². The van der Waals surface area contributed by atoms with E-state index >= 15 is 0 Å². The van der Waals surface area contributed by atoms with Crippen molar-refractivity contribution in [1.29, 1.82) is 0 Å². The fourth-order valence-corrected chi connectivity index (χ4v) is 3.38. The number of aliphatic hydroxyl groups is 1. The molecule has 0 aromatic heterocycles. The summed E-state index contributed by atoms with van der Waals surface area (Å²) in [5.74, 6) is -1.87. The van der Waals surface area contributed by atoms with Gasteiger partial charge in [0.25, 0.3) is 0 Å². The lowest BCUT2D eigenvalue weighted by Crippen LogP contribution is -2.48. The van der Waals surface area contributed by atoms with E-state index in [1.54, 1.807) is 12.1 Å².